The highest BCUT2D eigenvalue weighted by Gasteiger charge is 2.40. The Bertz CT molecular complexity index is 1530. The lowest BCUT2D eigenvalue weighted by atomic mass is 9.83. The number of hydrogen-bond acceptors (Lipinski definition) is 6. The number of benzene rings is 2. The number of para-hydroxylation sites is 1. The summed E-state index contributed by atoms with van der Waals surface area (Å²) in [4.78, 5) is 52.4. The van der Waals surface area contributed by atoms with Crippen molar-refractivity contribution in [2.45, 2.75) is 70.4 Å². The van der Waals surface area contributed by atoms with Crippen LogP contribution >= 0.6 is 11.6 Å². The average molecular weight is 690 g/mol. The lowest BCUT2D eigenvalue weighted by molar-refractivity contribution is -0.143. The molecule has 2 atom stereocenters. The van der Waals surface area contributed by atoms with E-state index < -0.39 is 5.92 Å². The van der Waals surface area contributed by atoms with E-state index in [9.17, 15) is 14.4 Å². The van der Waals surface area contributed by atoms with Crippen LogP contribution in [0, 0.1) is 11.8 Å². The van der Waals surface area contributed by atoms with Crippen LogP contribution in [0.1, 0.15) is 55.7 Å². The minimum atomic E-state index is -0.479. The largest absolute Gasteiger partial charge is 0.397 e. The van der Waals surface area contributed by atoms with Crippen molar-refractivity contribution in [3.8, 4) is 0 Å². The predicted molar refractivity (Wildman–Crippen MR) is 194 cm³/mol. The van der Waals surface area contributed by atoms with Gasteiger partial charge in [-0.05, 0) is 92.8 Å². The van der Waals surface area contributed by atoms with E-state index in [0.29, 0.717) is 55.9 Å². The number of anilines is 2. The number of aryl methyl sites for hydroxylation is 1. The van der Waals surface area contributed by atoms with E-state index >= 15 is 0 Å². The van der Waals surface area contributed by atoms with Gasteiger partial charge in [-0.15, -0.1) is 0 Å². The topological polar surface area (TPSA) is 105 Å². The first-order valence-electron chi connectivity index (χ1n) is 18.5. The van der Waals surface area contributed by atoms with Crippen LogP contribution in [0.15, 0.2) is 36.4 Å². The SMILES string of the molecule is CCc1cc(C[C@@H](CC(=O)N2CCC(N3CCc4ccccc4NC3=O)CC2)C(=O)N2CCN(C3CN4CCC3CC4)CC2)cc(Cl)c1N. The summed E-state index contributed by atoms with van der Waals surface area (Å²) >= 11 is 6.54. The summed E-state index contributed by atoms with van der Waals surface area (Å²) in [5, 5.41) is 3.58. The molecule has 3 N–H and O–H groups in total. The highest BCUT2D eigenvalue weighted by atomic mass is 35.5. The maximum atomic E-state index is 14.3. The zero-order valence-electron chi connectivity index (χ0n) is 28.9. The molecule has 0 radical (unpaired) electrons. The third-order valence-electron chi connectivity index (χ3n) is 12.0. The Balaban J connectivity index is 0.996. The van der Waals surface area contributed by atoms with Crippen molar-refractivity contribution in [3.05, 3.63) is 58.1 Å². The molecule has 5 saturated heterocycles. The number of fused-ring (bicyclic) bond motifs is 4. The van der Waals surface area contributed by atoms with Gasteiger partial charge < -0.3 is 30.7 Å². The molecule has 1 unspecified atom stereocenters. The molecule has 6 aliphatic heterocycles. The van der Waals surface area contributed by atoms with E-state index in [1.807, 2.05) is 52.0 Å². The number of halogens is 1. The standard InChI is InChI=1S/C38H52ClN7O3/c1-2-27-21-26(23-32(39)36(27)40)22-30(37(48)45-19-17-43(18-20-45)34-25-42-12-7-29(34)8-13-42)24-35(47)44-14-10-31(11-15-44)46-16-9-28-5-3-4-6-33(28)41-38(46)49/h3-6,21,23,29-31,34H,2,7-20,22,24-25,40H2,1H3,(H,41,49)/t30-,34?/m0/s1. The first-order valence-corrected chi connectivity index (χ1v) is 18.9. The lowest BCUT2D eigenvalue weighted by Gasteiger charge is -2.51. The number of carbonyl (C=O) groups is 3. The number of hydrogen-bond donors (Lipinski definition) is 2. The van der Waals surface area contributed by atoms with Crippen LogP contribution in [0.3, 0.4) is 0 Å². The Morgan fingerprint density at radius 1 is 0.939 bits per heavy atom. The Kier molecular flexibility index (Phi) is 10.4. The van der Waals surface area contributed by atoms with E-state index in [0.717, 1.165) is 73.6 Å². The predicted octanol–water partition coefficient (Wildman–Crippen LogP) is 4.35. The number of carbonyl (C=O) groups excluding carboxylic acids is 3. The van der Waals surface area contributed by atoms with Crippen molar-refractivity contribution in [1.82, 2.24) is 24.5 Å². The summed E-state index contributed by atoms with van der Waals surface area (Å²) in [7, 11) is 0. The molecule has 0 aromatic heterocycles. The fourth-order valence-electron chi connectivity index (χ4n) is 9.06. The number of piperidine rings is 4. The molecule has 8 rings (SSSR count). The van der Waals surface area contributed by atoms with E-state index in [-0.39, 0.29) is 30.3 Å². The Morgan fingerprint density at radius 2 is 1.67 bits per heavy atom. The number of amides is 4. The van der Waals surface area contributed by atoms with Gasteiger partial charge in [0.25, 0.3) is 0 Å². The summed E-state index contributed by atoms with van der Waals surface area (Å²) in [5.74, 6) is 0.360. The van der Waals surface area contributed by atoms with Crippen LogP contribution in [0.25, 0.3) is 0 Å². The molecule has 0 saturated carbocycles. The highest BCUT2D eigenvalue weighted by Crippen LogP contribution is 2.33. The summed E-state index contributed by atoms with van der Waals surface area (Å²) in [6.45, 7) is 10.6. The lowest BCUT2D eigenvalue weighted by Crippen LogP contribution is -2.61. The van der Waals surface area contributed by atoms with E-state index in [4.69, 9.17) is 17.3 Å². The van der Waals surface area contributed by atoms with Crippen LogP contribution in [0.2, 0.25) is 5.02 Å². The number of nitrogens with zero attached hydrogens (tertiary/aromatic N) is 5. The molecule has 0 aliphatic carbocycles. The molecule has 11 heteroatoms. The van der Waals surface area contributed by atoms with Crippen LogP contribution in [-0.2, 0) is 28.9 Å². The molecule has 264 valence electrons. The summed E-state index contributed by atoms with van der Waals surface area (Å²) in [5.41, 5.74) is 10.8. The van der Waals surface area contributed by atoms with Crippen LogP contribution in [-0.4, -0.2) is 120 Å². The van der Waals surface area contributed by atoms with Gasteiger partial charge in [0, 0.05) is 76.5 Å². The fraction of sp³-hybridized carbons (Fsp3) is 0.605. The Labute approximate surface area is 295 Å². The molecule has 5 fully saturated rings. The van der Waals surface area contributed by atoms with Crippen molar-refractivity contribution in [1.29, 1.82) is 0 Å². The highest BCUT2D eigenvalue weighted by molar-refractivity contribution is 6.33. The molecule has 2 bridgehead atoms. The zero-order chi connectivity index (χ0) is 34.1. The van der Waals surface area contributed by atoms with Gasteiger partial charge in [0.05, 0.1) is 16.6 Å². The molecule has 2 aromatic carbocycles. The molecule has 4 amide bonds. The van der Waals surface area contributed by atoms with Gasteiger partial charge in [0.2, 0.25) is 11.8 Å². The monoisotopic (exact) mass is 689 g/mol. The van der Waals surface area contributed by atoms with Crippen molar-refractivity contribution < 1.29 is 14.4 Å². The molecule has 6 aliphatic rings. The number of nitrogens with one attached hydrogen (secondary N) is 1. The van der Waals surface area contributed by atoms with Crippen LogP contribution < -0.4 is 11.1 Å². The molecular formula is C38H52ClN7O3. The molecular weight excluding hydrogens is 638 g/mol. The second-order valence-corrected chi connectivity index (χ2v) is 15.2. The number of urea groups is 1. The molecule has 49 heavy (non-hydrogen) atoms. The Hall–Kier alpha value is -3.34. The second kappa shape index (κ2) is 14.9. The summed E-state index contributed by atoms with van der Waals surface area (Å²) in [6.07, 6.45) is 6.18. The van der Waals surface area contributed by atoms with Gasteiger partial charge in [-0.25, -0.2) is 4.79 Å². The first-order chi connectivity index (χ1) is 23.8. The average Bonchev–Trinajstić information content (AvgIpc) is 3.31. The fourth-order valence-corrected chi connectivity index (χ4v) is 9.32. The molecule has 10 nitrogen and oxygen atoms in total. The molecule has 6 heterocycles. The first kappa shape index (κ1) is 34.1. The van der Waals surface area contributed by atoms with E-state index in [1.165, 1.54) is 25.9 Å². The van der Waals surface area contributed by atoms with Crippen molar-refractivity contribution in [2.24, 2.45) is 11.8 Å². The smallest absolute Gasteiger partial charge is 0.322 e. The van der Waals surface area contributed by atoms with E-state index in [2.05, 4.69) is 21.2 Å². The normalized spacial score (nSPS) is 25.5. The quantitative estimate of drug-likeness (QED) is 0.400. The van der Waals surface area contributed by atoms with Gasteiger partial charge in [-0.1, -0.05) is 42.8 Å². The number of rotatable bonds is 8. The number of likely N-dealkylation sites (tertiary alicyclic amines) is 1. The maximum absolute atomic E-state index is 14.3. The summed E-state index contributed by atoms with van der Waals surface area (Å²) < 4.78 is 0. The van der Waals surface area contributed by atoms with Crippen LogP contribution in [0.5, 0.6) is 0 Å². The van der Waals surface area contributed by atoms with E-state index in [1.54, 1.807) is 0 Å². The van der Waals surface area contributed by atoms with Gasteiger partial charge in [0.15, 0.2) is 0 Å². The number of piperazine rings is 1. The van der Waals surface area contributed by atoms with Gasteiger partial charge in [0.1, 0.15) is 0 Å². The van der Waals surface area contributed by atoms with Crippen molar-refractivity contribution in [2.75, 3.05) is 76.5 Å². The van der Waals surface area contributed by atoms with Crippen molar-refractivity contribution >= 4 is 40.8 Å². The van der Waals surface area contributed by atoms with Gasteiger partial charge in [-0.3, -0.25) is 14.5 Å². The second-order valence-electron chi connectivity index (χ2n) is 14.8. The minimum absolute atomic E-state index is 0.00713. The van der Waals surface area contributed by atoms with Crippen molar-refractivity contribution in [3.63, 3.8) is 0 Å². The third kappa shape index (κ3) is 7.42. The van der Waals surface area contributed by atoms with Crippen LogP contribution in [0.4, 0.5) is 16.2 Å². The maximum Gasteiger partial charge on any atom is 0.322 e. The Morgan fingerprint density at radius 3 is 2.37 bits per heavy atom. The van der Waals surface area contributed by atoms with Gasteiger partial charge in [-0.2, -0.15) is 0 Å². The zero-order valence-corrected chi connectivity index (χ0v) is 29.7. The number of nitrogens with two attached hydrogens (primary N) is 1. The third-order valence-corrected chi connectivity index (χ3v) is 12.3. The molecule has 0 spiro atoms. The summed E-state index contributed by atoms with van der Waals surface area (Å²) in [6, 6.07) is 12.5. The van der Waals surface area contributed by atoms with Gasteiger partial charge >= 0.3 is 6.03 Å². The molecule has 2 aromatic rings. The minimum Gasteiger partial charge on any atom is -0.397 e. The number of nitrogen functional groups attached to an aromatic ring is 1.